The highest BCUT2D eigenvalue weighted by Gasteiger charge is 2.39. The zero-order valence-corrected chi connectivity index (χ0v) is 12.7. The maximum absolute atomic E-state index is 12.6. The largest absolute Gasteiger partial charge is 0.377 e. The zero-order valence-electron chi connectivity index (χ0n) is 12.7. The maximum Gasteiger partial charge on any atom is 0.278 e. The molecule has 2 fully saturated rings. The summed E-state index contributed by atoms with van der Waals surface area (Å²) >= 11 is 0. The summed E-state index contributed by atoms with van der Waals surface area (Å²) in [6, 6.07) is 7.17. The lowest BCUT2D eigenvalue weighted by Gasteiger charge is -2.35. The Morgan fingerprint density at radius 2 is 2.13 bits per heavy atom. The summed E-state index contributed by atoms with van der Waals surface area (Å²) in [6.45, 7) is 1.65. The zero-order chi connectivity index (χ0) is 15.8. The normalized spacial score (nSPS) is 21.6. The van der Waals surface area contributed by atoms with Crippen molar-refractivity contribution in [3.8, 4) is 0 Å². The summed E-state index contributed by atoms with van der Waals surface area (Å²) < 4.78 is 6.66. The fraction of sp³-hybridized carbons (Fsp3) is 0.500. The number of fused-ring (bicyclic) bond motifs is 1. The number of hydrogen-bond donors (Lipinski definition) is 0. The molecule has 7 nitrogen and oxygen atoms in total. The van der Waals surface area contributed by atoms with Crippen molar-refractivity contribution in [2.75, 3.05) is 19.8 Å². The van der Waals surface area contributed by atoms with Crippen LogP contribution in [0, 0.1) is 5.92 Å². The average Bonchev–Trinajstić information content (AvgIpc) is 3.42. The first-order chi connectivity index (χ1) is 11.2. The van der Waals surface area contributed by atoms with Crippen LogP contribution in [0.2, 0.25) is 0 Å². The fourth-order valence-electron chi connectivity index (χ4n) is 3.15. The lowest BCUT2D eigenvalue weighted by atomic mass is 10.1. The van der Waals surface area contributed by atoms with Gasteiger partial charge in [-0.05, 0) is 30.9 Å². The number of aromatic nitrogens is 3. The van der Waals surface area contributed by atoms with Gasteiger partial charge in [0, 0.05) is 6.54 Å². The Labute approximate surface area is 132 Å². The van der Waals surface area contributed by atoms with Crippen molar-refractivity contribution in [3.05, 3.63) is 34.6 Å². The van der Waals surface area contributed by atoms with E-state index in [0.29, 0.717) is 36.6 Å². The third kappa shape index (κ3) is 2.72. The smallest absolute Gasteiger partial charge is 0.278 e. The Morgan fingerprint density at radius 1 is 1.30 bits per heavy atom. The molecule has 1 aliphatic carbocycles. The van der Waals surface area contributed by atoms with E-state index in [1.165, 1.54) is 0 Å². The molecule has 1 saturated heterocycles. The van der Waals surface area contributed by atoms with E-state index < -0.39 is 0 Å². The Bertz CT molecular complexity index is 799. The minimum Gasteiger partial charge on any atom is -0.377 e. The monoisotopic (exact) mass is 314 g/mol. The average molecular weight is 314 g/mol. The quantitative estimate of drug-likeness (QED) is 0.821. The van der Waals surface area contributed by atoms with Crippen LogP contribution in [-0.2, 0) is 16.1 Å². The first-order valence-electron chi connectivity index (χ1n) is 7.94. The van der Waals surface area contributed by atoms with Crippen LogP contribution in [-0.4, -0.2) is 51.6 Å². The molecule has 2 aromatic rings. The lowest BCUT2D eigenvalue weighted by molar-refractivity contribution is -0.141. The van der Waals surface area contributed by atoms with Gasteiger partial charge >= 0.3 is 0 Å². The van der Waals surface area contributed by atoms with E-state index >= 15 is 0 Å². The number of morpholine rings is 1. The van der Waals surface area contributed by atoms with E-state index in [2.05, 4.69) is 10.3 Å². The lowest BCUT2D eigenvalue weighted by Crippen LogP contribution is -2.51. The molecule has 1 atom stereocenters. The molecule has 1 saturated carbocycles. The van der Waals surface area contributed by atoms with Crippen molar-refractivity contribution in [1.82, 2.24) is 19.9 Å². The molecule has 2 heterocycles. The van der Waals surface area contributed by atoms with Crippen LogP contribution in [0.25, 0.3) is 10.9 Å². The van der Waals surface area contributed by atoms with E-state index in [-0.39, 0.29) is 24.1 Å². The summed E-state index contributed by atoms with van der Waals surface area (Å²) in [5, 5.41) is 8.41. The van der Waals surface area contributed by atoms with Gasteiger partial charge in [0.05, 0.1) is 24.6 Å². The summed E-state index contributed by atoms with van der Waals surface area (Å²) in [6.07, 6.45) is 2.29. The van der Waals surface area contributed by atoms with E-state index in [1.54, 1.807) is 24.3 Å². The van der Waals surface area contributed by atoms with Crippen LogP contribution in [0.4, 0.5) is 0 Å². The van der Waals surface area contributed by atoms with E-state index in [1.807, 2.05) is 4.90 Å². The van der Waals surface area contributed by atoms with Crippen molar-refractivity contribution in [2.45, 2.75) is 25.4 Å². The predicted molar refractivity (Wildman–Crippen MR) is 82.8 cm³/mol. The Hall–Kier alpha value is -2.28. The molecule has 0 bridgehead atoms. The second kappa shape index (κ2) is 5.73. The second-order valence-corrected chi connectivity index (χ2v) is 6.14. The van der Waals surface area contributed by atoms with Crippen LogP contribution in [0.3, 0.4) is 0 Å². The molecule has 0 unspecified atom stereocenters. The standard InChI is InChI=1S/C16H18N4O3/c21-15(19-7-8-23-10-14(19)11-5-6-11)9-20-16(22)12-3-1-2-4-13(12)17-18-20/h1-4,11,14H,5-10H2/t14-/m1/s1. The molecule has 1 amide bonds. The molecule has 1 aromatic heterocycles. The minimum absolute atomic E-state index is 0.0696. The molecule has 23 heavy (non-hydrogen) atoms. The van der Waals surface area contributed by atoms with Gasteiger partial charge in [0.25, 0.3) is 5.56 Å². The predicted octanol–water partition coefficient (Wildman–Crippen LogP) is 0.429. The van der Waals surface area contributed by atoms with Gasteiger partial charge in [0.1, 0.15) is 12.1 Å². The number of nitrogens with zero attached hydrogens (tertiary/aromatic N) is 4. The van der Waals surface area contributed by atoms with E-state index in [4.69, 9.17) is 4.74 Å². The molecular formula is C16H18N4O3. The minimum atomic E-state index is -0.278. The Morgan fingerprint density at radius 3 is 2.96 bits per heavy atom. The van der Waals surface area contributed by atoms with Crippen molar-refractivity contribution in [1.29, 1.82) is 0 Å². The van der Waals surface area contributed by atoms with Crippen LogP contribution in [0.5, 0.6) is 0 Å². The van der Waals surface area contributed by atoms with Crippen LogP contribution >= 0.6 is 0 Å². The number of carbonyl (C=O) groups excluding carboxylic acids is 1. The highest BCUT2D eigenvalue weighted by Crippen LogP contribution is 2.36. The molecule has 7 heteroatoms. The maximum atomic E-state index is 12.6. The number of amides is 1. The van der Waals surface area contributed by atoms with Crippen LogP contribution < -0.4 is 5.56 Å². The van der Waals surface area contributed by atoms with Crippen LogP contribution in [0.1, 0.15) is 12.8 Å². The van der Waals surface area contributed by atoms with E-state index in [0.717, 1.165) is 17.5 Å². The van der Waals surface area contributed by atoms with Gasteiger partial charge in [-0.1, -0.05) is 17.3 Å². The Kier molecular flexibility index (Phi) is 3.57. The van der Waals surface area contributed by atoms with Crippen LogP contribution in [0.15, 0.2) is 29.1 Å². The van der Waals surface area contributed by atoms with Crippen molar-refractivity contribution in [3.63, 3.8) is 0 Å². The number of ether oxygens (including phenoxy) is 1. The summed E-state index contributed by atoms with van der Waals surface area (Å²) in [5.41, 5.74) is 0.267. The Balaban J connectivity index is 1.58. The SMILES string of the molecule is O=C(Cn1nnc2ccccc2c1=O)N1CCOC[C@@H]1C1CC1. The van der Waals surface area contributed by atoms with Gasteiger partial charge in [0.15, 0.2) is 0 Å². The third-order valence-electron chi connectivity index (χ3n) is 4.57. The first-order valence-corrected chi connectivity index (χ1v) is 7.94. The van der Waals surface area contributed by atoms with Gasteiger partial charge in [-0.2, -0.15) is 0 Å². The van der Waals surface area contributed by atoms with Gasteiger partial charge in [-0.25, -0.2) is 4.68 Å². The molecule has 0 radical (unpaired) electrons. The number of rotatable bonds is 3. The first kappa shape index (κ1) is 14.3. The topological polar surface area (TPSA) is 77.3 Å². The molecule has 0 spiro atoms. The molecule has 1 aliphatic heterocycles. The number of benzene rings is 1. The van der Waals surface area contributed by atoms with Crippen molar-refractivity contribution >= 4 is 16.8 Å². The van der Waals surface area contributed by atoms with Gasteiger partial charge in [0.2, 0.25) is 5.91 Å². The summed E-state index contributed by atoms with van der Waals surface area (Å²) in [4.78, 5) is 26.9. The molecule has 2 aliphatic rings. The van der Waals surface area contributed by atoms with Gasteiger partial charge in [-0.15, -0.1) is 5.10 Å². The fourth-order valence-corrected chi connectivity index (χ4v) is 3.15. The highest BCUT2D eigenvalue weighted by atomic mass is 16.5. The molecular weight excluding hydrogens is 296 g/mol. The molecule has 1 aromatic carbocycles. The number of hydrogen-bond acceptors (Lipinski definition) is 5. The van der Waals surface area contributed by atoms with E-state index in [9.17, 15) is 9.59 Å². The van der Waals surface area contributed by atoms with Gasteiger partial charge < -0.3 is 9.64 Å². The molecule has 4 rings (SSSR count). The summed E-state index contributed by atoms with van der Waals surface area (Å²) in [7, 11) is 0. The van der Waals surface area contributed by atoms with Gasteiger partial charge in [-0.3, -0.25) is 9.59 Å². The summed E-state index contributed by atoms with van der Waals surface area (Å²) in [5.74, 6) is 0.454. The van der Waals surface area contributed by atoms with Crippen molar-refractivity contribution < 1.29 is 9.53 Å². The third-order valence-corrected chi connectivity index (χ3v) is 4.57. The number of carbonyl (C=O) groups is 1. The highest BCUT2D eigenvalue weighted by molar-refractivity contribution is 5.78. The van der Waals surface area contributed by atoms with Crippen molar-refractivity contribution in [2.24, 2.45) is 5.92 Å². The molecule has 0 N–H and O–H groups in total. The molecule has 120 valence electrons. The second-order valence-electron chi connectivity index (χ2n) is 6.14.